The van der Waals surface area contributed by atoms with E-state index < -0.39 is 0 Å². The lowest BCUT2D eigenvalue weighted by Crippen LogP contribution is -2.41. The van der Waals surface area contributed by atoms with Crippen molar-refractivity contribution in [1.82, 2.24) is 19.9 Å². The fourth-order valence-electron chi connectivity index (χ4n) is 2.59. The number of anilines is 2. The Morgan fingerprint density at radius 1 is 1.29 bits per heavy atom. The largest absolute Gasteiger partial charge is 0.464 e. The van der Waals surface area contributed by atoms with Gasteiger partial charge in [0.2, 0.25) is 11.9 Å². The van der Waals surface area contributed by atoms with E-state index in [2.05, 4.69) is 44.1 Å². The zero-order chi connectivity index (χ0) is 15.2. The van der Waals surface area contributed by atoms with Crippen LogP contribution < -0.4 is 20.9 Å². The summed E-state index contributed by atoms with van der Waals surface area (Å²) in [6.45, 7) is 7.59. The summed E-state index contributed by atoms with van der Waals surface area (Å²) in [6, 6.07) is 0.683. The molecule has 2 rings (SSSR count). The average molecular weight is 295 g/mol. The molecule has 1 atom stereocenters. The smallest absolute Gasteiger partial charge is 0.323 e. The van der Waals surface area contributed by atoms with Crippen molar-refractivity contribution in [1.29, 1.82) is 0 Å². The molecule has 0 aromatic carbocycles. The standard InChI is InChI=1S/C13H25N7O/c1-4-10-9-19(3)7-6-8-20(10)12-15-11(18-14)16-13(17-12)21-5-2/h10H,4-9,14H2,1-3H3,(H,15,16,17,18). The van der Waals surface area contributed by atoms with Gasteiger partial charge in [-0.15, -0.1) is 0 Å². The van der Waals surface area contributed by atoms with Crippen molar-refractivity contribution in [3.8, 4) is 6.01 Å². The zero-order valence-electron chi connectivity index (χ0n) is 13.0. The Morgan fingerprint density at radius 2 is 2.10 bits per heavy atom. The minimum absolute atomic E-state index is 0.308. The van der Waals surface area contributed by atoms with Crippen LogP contribution in [0.25, 0.3) is 0 Å². The van der Waals surface area contributed by atoms with Crippen LogP contribution in [-0.4, -0.2) is 59.2 Å². The Balaban J connectivity index is 2.30. The van der Waals surface area contributed by atoms with Gasteiger partial charge in [-0.3, -0.25) is 5.43 Å². The van der Waals surface area contributed by atoms with E-state index in [0.29, 0.717) is 30.6 Å². The molecule has 1 saturated heterocycles. The fourth-order valence-corrected chi connectivity index (χ4v) is 2.59. The molecular formula is C13H25N7O. The van der Waals surface area contributed by atoms with E-state index in [0.717, 1.165) is 32.5 Å². The van der Waals surface area contributed by atoms with Crippen molar-refractivity contribution >= 4 is 11.9 Å². The number of nitrogen functional groups attached to an aromatic ring is 1. The van der Waals surface area contributed by atoms with E-state index >= 15 is 0 Å². The van der Waals surface area contributed by atoms with Crippen molar-refractivity contribution in [3.05, 3.63) is 0 Å². The van der Waals surface area contributed by atoms with Gasteiger partial charge in [0.05, 0.1) is 6.61 Å². The quantitative estimate of drug-likeness (QED) is 0.598. The first-order chi connectivity index (χ1) is 10.2. The highest BCUT2D eigenvalue weighted by Crippen LogP contribution is 2.21. The Hall–Kier alpha value is -1.67. The van der Waals surface area contributed by atoms with Gasteiger partial charge in [0.1, 0.15) is 0 Å². The van der Waals surface area contributed by atoms with Crippen LogP contribution in [0.15, 0.2) is 0 Å². The van der Waals surface area contributed by atoms with Crippen LogP contribution in [0.1, 0.15) is 26.7 Å². The van der Waals surface area contributed by atoms with Gasteiger partial charge in [-0.1, -0.05) is 6.92 Å². The maximum absolute atomic E-state index is 5.45. The molecule has 0 amide bonds. The predicted octanol–water partition coefficient (Wildman–Crippen LogP) is 0.476. The van der Waals surface area contributed by atoms with Crippen LogP contribution in [0, 0.1) is 0 Å². The van der Waals surface area contributed by atoms with E-state index in [1.807, 2.05) is 6.92 Å². The first-order valence-electron chi connectivity index (χ1n) is 7.48. The molecule has 1 aliphatic heterocycles. The summed E-state index contributed by atoms with van der Waals surface area (Å²) in [6.07, 6.45) is 2.11. The molecule has 21 heavy (non-hydrogen) atoms. The Morgan fingerprint density at radius 3 is 2.76 bits per heavy atom. The van der Waals surface area contributed by atoms with Gasteiger partial charge in [0.25, 0.3) is 0 Å². The topological polar surface area (TPSA) is 92.4 Å². The summed E-state index contributed by atoms with van der Waals surface area (Å²) in [7, 11) is 2.15. The molecule has 8 heteroatoms. The molecular weight excluding hydrogens is 270 g/mol. The van der Waals surface area contributed by atoms with Gasteiger partial charge in [0, 0.05) is 19.1 Å². The molecule has 8 nitrogen and oxygen atoms in total. The third-order valence-electron chi connectivity index (χ3n) is 3.64. The SMILES string of the molecule is CCOc1nc(NN)nc(N2CCCN(C)CC2CC)n1. The summed E-state index contributed by atoms with van der Waals surface area (Å²) in [5.74, 6) is 6.41. The Labute approximate surface area is 125 Å². The molecule has 0 aliphatic carbocycles. The number of ether oxygens (including phenoxy) is 1. The minimum Gasteiger partial charge on any atom is -0.464 e. The molecule has 3 N–H and O–H groups in total. The molecule has 1 aromatic rings. The summed E-state index contributed by atoms with van der Waals surface area (Å²) < 4.78 is 5.41. The third kappa shape index (κ3) is 3.92. The number of hydrogen-bond acceptors (Lipinski definition) is 8. The van der Waals surface area contributed by atoms with E-state index in [1.165, 1.54) is 0 Å². The number of hydrogen-bond donors (Lipinski definition) is 2. The second-order valence-corrected chi connectivity index (χ2v) is 5.19. The highest BCUT2D eigenvalue weighted by molar-refractivity contribution is 5.39. The van der Waals surface area contributed by atoms with Crippen LogP contribution in [0.3, 0.4) is 0 Å². The van der Waals surface area contributed by atoms with Crippen molar-refractivity contribution < 1.29 is 4.74 Å². The molecule has 1 fully saturated rings. The van der Waals surface area contributed by atoms with Crippen LogP contribution in [-0.2, 0) is 0 Å². The lowest BCUT2D eigenvalue weighted by molar-refractivity contribution is 0.310. The predicted molar refractivity (Wildman–Crippen MR) is 82.3 cm³/mol. The summed E-state index contributed by atoms with van der Waals surface area (Å²) in [5, 5.41) is 0. The van der Waals surface area contributed by atoms with Crippen LogP contribution in [0.5, 0.6) is 6.01 Å². The summed E-state index contributed by atoms with van der Waals surface area (Å²) in [4.78, 5) is 17.5. The van der Waals surface area contributed by atoms with Crippen LogP contribution in [0.4, 0.5) is 11.9 Å². The molecule has 1 unspecified atom stereocenters. The van der Waals surface area contributed by atoms with Crippen molar-refractivity contribution in [3.63, 3.8) is 0 Å². The normalized spacial score (nSPS) is 20.2. The summed E-state index contributed by atoms with van der Waals surface area (Å²) >= 11 is 0. The first-order valence-corrected chi connectivity index (χ1v) is 7.48. The number of nitrogens with zero attached hydrogens (tertiary/aromatic N) is 5. The lowest BCUT2D eigenvalue weighted by Gasteiger charge is -2.30. The molecule has 0 spiro atoms. The van der Waals surface area contributed by atoms with Gasteiger partial charge in [0.15, 0.2) is 0 Å². The fraction of sp³-hybridized carbons (Fsp3) is 0.769. The van der Waals surface area contributed by atoms with E-state index in [4.69, 9.17) is 10.6 Å². The molecule has 2 heterocycles. The number of rotatable bonds is 5. The van der Waals surface area contributed by atoms with E-state index in [-0.39, 0.29) is 0 Å². The van der Waals surface area contributed by atoms with Crippen LogP contribution >= 0.6 is 0 Å². The highest BCUT2D eigenvalue weighted by atomic mass is 16.5. The second kappa shape index (κ2) is 7.37. The maximum Gasteiger partial charge on any atom is 0.323 e. The van der Waals surface area contributed by atoms with Gasteiger partial charge < -0.3 is 14.5 Å². The van der Waals surface area contributed by atoms with Crippen molar-refractivity contribution in [2.45, 2.75) is 32.7 Å². The van der Waals surface area contributed by atoms with Crippen molar-refractivity contribution in [2.24, 2.45) is 5.84 Å². The van der Waals surface area contributed by atoms with E-state index in [1.54, 1.807) is 0 Å². The van der Waals surface area contributed by atoms with Crippen molar-refractivity contribution in [2.75, 3.05) is 43.6 Å². The number of hydrazine groups is 1. The molecule has 1 aromatic heterocycles. The number of nitrogens with one attached hydrogen (secondary N) is 1. The zero-order valence-corrected chi connectivity index (χ0v) is 13.0. The molecule has 118 valence electrons. The molecule has 0 bridgehead atoms. The van der Waals surface area contributed by atoms with Crippen LogP contribution in [0.2, 0.25) is 0 Å². The number of likely N-dealkylation sites (N-methyl/N-ethyl adjacent to an activating group) is 1. The molecule has 1 aliphatic rings. The maximum atomic E-state index is 5.45. The monoisotopic (exact) mass is 295 g/mol. The first kappa shape index (κ1) is 15.7. The minimum atomic E-state index is 0.308. The summed E-state index contributed by atoms with van der Waals surface area (Å²) in [5.41, 5.74) is 2.48. The van der Waals surface area contributed by atoms with Gasteiger partial charge in [-0.2, -0.15) is 15.0 Å². The second-order valence-electron chi connectivity index (χ2n) is 5.19. The van der Waals surface area contributed by atoms with E-state index in [9.17, 15) is 0 Å². The lowest BCUT2D eigenvalue weighted by atomic mass is 10.2. The molecule has 0 saturated carbocycles. The van der Waals surface area contributed by atoms with Gasteiger partial charge in [-0.25, -0.2) is 5.84 Å². The number of nitrogens with two attached hydrogens (primary N) is 1. The average Bonchev–Trinajstić information content (AvgIpc) is 2.68. The molecule has 0 radical (unpaired) electrons. The Kier molecular flexibility index (Phi) is 5.51. The number of aromatic nitrogens is 3. The van der Waals surface area contributed by atoms with Gasteiger partial charge in [-0.05, 0) is 33.4 Å². The Bertz CT molecular complexity index is 456. The van der Waals surface area contributed by atoms with Gasteiger partial charge >= 0.3 is 6.01 Å². The third-order valence-corrected chi connectivity index (χ3v) is 3.64. The highest BCUT2D eigenvalue weighted by Gasteiger charge is 2.25.